The molecule has 2 aliphatic rings. The van der Waals surface area contributed by atoms with Gasteiger partial charge in [0.2, 0.25) is 23.6 Å². The molecule has 4 heterocycles. The zero-order valence-electron chi connectivity index (χ0n) is 32.1. The van der Waals surface area contributed by atoms with Crippen LogP contribution in [0.2, 0.25) is 0 Å². The van der Waals surface area contributed by atoms with Gasteiger partial charge in [0.05, 0.1) is 25.0 Å². The fourth-order valence-electron chi connectivity index (χ4n) is 6.91. The van der Waals surface area contributed by atoms with Crippen LogP contribution in [0.5, 0.6) is 0 Å². The summed E-state index contributed by atoms with van der Waals surface area (Å²) in [5.41, 5.74) is 0.392. The molecular formula is C37H56N12O6. The molecule has 6 N–H and O–H groups in total. The average molecular weight is 765 g/mol. The van der Waals surface area contributed by atoms with Gasteiger partial charge in [-0.15, -0.1) is 0 Å². The predicted molar refractivity (Wildman–Crippen MR) is 202 cm³/mol. The number of hydrogen-bond acceptors (Lipinski definition) is 12. The SMILES string of the molecule is CNCC(=O)N[C@@H](CCCCCC[C@H](NC(=O)[C@H](C)NC)C(=O)N1CCC[C@H]1CNC(=O)c1cnccn1)C(=O)N1CCC[C@H]1CNC(=O)c1cnccn1. The van der Waals surface area contributed by atoms with Crippen LogP contribution in [0.15, 0.2) is 37.2 Å². The van der Waals surface area contributed by atoms with Gasteiger partial charge in [0, 0.05) is 63.1 Å². The first-order valence-corrected chi connectivity index (χ1v) is 19.2. The minimum atomic E-state index is -0.740. The van der Waals surface area contributed by atoms with Gasteiger partial charge in [-0.2, -0.15) is 0 Å². The number of carbonyl (C=O) groups excluding carboxylic acids is 6. The Bertz CT molecular complexity index is 1570. The van der Waals surface area contributed by atoms with Gasteiger partial charge in [-0.05, 0) is 59.5 Å². The molecule has 4 rings (SSSR count). The molecule has 18 nitrogen and oxygen atoms in total. The standard InChI is InChI=1S/C37H56N12O6/c1-25(39-3)33(51)47-29(37(55)49-19-9-11-27(49)21-45-35(53)31-23-41-15-17-43-31)13-7-5-4-6-12-28(46-32(50)24-38-2)36(54)48-18-8-10-26(48)20-44-34(52)30-22-40-14-16-42-30/h14-17,22-23,25-29,38-39H,4-13,18-21,24H2,1-3H3,(H,44,52)(H,45,53)(H,46,50)(H,47,51)/t25-,26-,27-,28-,29-/m0/s1. The lowest BCUT2D eigenvalue weighted by atomic mass is 10.0. The van der Waals surface area contributed by atoms with Crippen LogP contribution in [-0.2, 0) is 19.2 Å². The minimum Gasteiger partial charge on any atom is -0.349 e. The van der Waals surface area contributed by atoms with Crippen LogP contribution in [0.3, 0.4) is 0 Å². The maximum atomic E-state index is 13.9. The first kappa shape index (κ1) is 42.6. The van der Waals surface area contributed by atoms with Crippen LogP contribution in [0.25, 0.3) is 0 Å². The number of likely N-dealkylation sites (tertiary alicyclic amines) is 2. The van der Waals surface area contributed by atoms with Crippen molar-refractivity contribution in [3.05, 3.63) is 48.6 Å². The van der Waals surface area contributed by atoms with E-state index in [4.69, 9.17) is 0 Å². The Hall–Kier alpha value is -5.10. The first-order valence-electron chi connectivity index (χ1n) is 19.2. The van der Waals surface area contributed by atoms with Gasteiger partial charge in [0.15, 0.2) is 0 Å². The van der Waals surface area contributed by atoms with Crippen molar-refractivity contribution in [2.75, 3.05) is 46.8 Å². The number of carbonyl (C=O) groups is 6. The predicted octanol–water partition coefficient (Wildman–Crippen LogP) is -0.454. The van der Waals surface area contributed by atoms with Crippen molar-refractivity contribution in [2.45, 2.75) is 101 Å². The van der Waals surface area contributed by atoms with Gasteiger partial charge in [-0.25, -0.2) is 9.97 Å². The number of amides is 6. The fraction of sp³-hybridized carbons (Fsp3) is 0.622. The lowest BCUT2D eigenvalue weighted by molar-refractivity contribution is -0.137. The third-order valence-corrected chi connectivity index (χ3v) is 10.1. The van der Waals surface area contributed by atoms with Gasteiger partial charge in [0.25, 0.3) is 11.8 Å². The number of nitrogens with one attached hydrogen (secondary N) is 6. The Morgan fingerprint density at radius 3 is 1.64 bits per heavy atom. The summed E-state index contributed by atoms with van der Waals surface area (Å²) < 4.78 is 0. The van der Waals surface area contributed by atoms with E-state index in [1.165, 1.54) is 37.2 Å². The number of nitrogens with zero attached hydrogens (tertiary/aromatic N) is 6. The van der Waals surface area contributed by atoms with Crippen LogP contribution in [-0.4, -0.2) is 142 Å². The molecule has 0 aromatic carbocycles. The van der Waals surface area contributed by atoms with Gasteiger partial charge < -0.3 is 41.7 Å². The third kappa shape index (κ3) is 13.0. The summed E-state index contributed by atoms with van der Waals surface area (Å²) in [6.45, 7) is 3.37. The highest BCUT2D eigenvalue weighted by Gasteiger charge is 2.36. The van der Waals surface area contributed by atoms with E-state index in [1.54, 1.807) is 30.8 Å². The van der Waals surface area contributed by atoms with E-state index < -0.39 is 18.1 Å². The van der Waals surface area contributed by atoms with E-state index in [2.05, 4.69) is 51.8 Å². The third-order valence-electron chi connectivity index (χ3n) is 10.1. The van der Waals surface area contributed by atoms with Crippen LogP contribution in [0.4, 0.5) is 0 Å². The van der Waals surface area contributed by atoms with E-state index in [-0.39, 0.29) is 78.5 Å². The molecule has 2 fully saturated rings. The summed E-state index contributed by atoms with van der Waals surface area (Å²) in [6, 6.07) is -2.39. The quantitative estimate of drug-likeness (QED) is 0.0888. The second-order valence-electron chi connectivity index (χ2n) is 14.0. The second kappa shape index (κ2) is 22.3. The van der Waals surface area contributed by atoms with E-state index in [0.717, 1.165) is 38.5 Å². The largest absolute Gasteiger partial charge is 0.349 e. The summed E-state index contributed by atoms with van der Waals surface area (Å²) in [6.07, 6.45) is 15.3. The molecule has 2 saturated heterocycles. The maximum Gasteiger partial charge on any atom is 0.271 e. The summed E-state index contributed by atoms with van der Waals surface area (Å²) in [7, 11) is 3.34. The minimum absolute atomic E-state index is 0.0701. The molecule has 2 aromatic heterocycles. The van der Waals surface area contributed by atoms with Gasteiger partial charge >= 0.3 is 0 Å². The number of rotatable bonds is 21. The molecule has 0 spiro atoms. The molecule has 18 heteroatoms. The zero-order valence-corrected chi connectivity index (χ0v) is 32.1. The normalized spacial score (nSPS) is 18.2. The van der Waals surface area contributed by atoms with Crippen LogP contribution >= 0.6 is 0 Å². The highest BCUT2D eigenvalue weighted by molar-refractivity contribution is 5.93. The van der Waals surface area contributed by atoms with Crippen molar-refractivity contribution in [1.82, 2.24) is 61.6 Å². The molecule has 6 amide bonds. The second-order valence-corrected chi connectivity index (χ2v) is 14.0. The molecule has 0 unspecified atom stereocenters. The van der Waals surface area contributed by atoms with Gasteiger partial charge in [-0.3, -0.25) is 38.7 Å². The van der Waals surface area contributed by atoms with Crippen molar-refractivity contribution >= 4 is 35.4 Å². The topological polar surface area (TPSA) is 233 Å². The Kier molecular flexibility index (Phi) is 17.3. The fourth-order valence-corrected chi connectivity index (χ4v) is 6.91. The monoisotopic (exact) mass is 764 g/mol. The van der Waals surface area contributed by atoms with Crippen LogP contribution in [0, 0.1) is 0 Å². The van der Waals surface area contributed by atoms with Crippen molar-refractivity contribution in [2.24, 2.45) is 0 Å². The highest BCUT2D eigenvalue weighted by atomic mass is 16.2. The summed E-state index contributed by atoms with van der Waals surface area (Å²) in [4.78, 5) is 97.9. The number of hydrogen-bond donors (Lipinski definition) is 6. The van der Waals surface area contributed by atoms with Gasteiger partial charge in [-0.1, -0.05) is 25.7 Å². The molecule has 2 aliphatic heterocycles. The molecule has 2 aromatic rings. The van der Waals surface area contributed by atoms with E-state index in [1.807, 2.05) is 0 Å². The first-order chi connectivity index (χ1) is 26.6. The molecule has 0 saturated carbocycles. The summed E-state index contributed by atoms with van der Waals surface area (Å²) in [5, 5.41) is 17.3. The summed E-state index contributed by atoms with van der Waals surface area (Å²) >= 11 is 0. The van der Waals surface area contributed by atoms with E-state index in [0.29, 0.717) is 38.8 Å². The van der Waals surface area contributed by atoms with Crippen molar-refractivity contribution in [3.8, 4) is 0 Å². The Labute approximate surface area is 322 Å². The van der Waals surface area contributed by atoms with Crippen LogP contribution < -0.4 is 31.9 Å². The van der Waals surface area contributed by atoms with Crippen molar-refractivity contribution in [3.63, 3.8) is 0 Å². The maximum absolute atomic E-state index is 13.9. The average Bonchev–Trinajstić information content (AvgIpc) is 3.89. The van der Waals surface area contributed by atoms with Crippen LogP contribution in [0.1, 0.15) is 92.1 Å². The highest BCUT2D eigenvalue weighted by Crippen LogP contribution is 2.22. The Morgan fingerprint density at radius 1 is 0.709 bits per heavy atom. The summed E-state index contributed by atoms with van der Waals surface area (Å²) in [5.74, 6) is -1.66. The Morgan fingerprint density at radius 2 is 1.20 bits per heavy atom. The molecule has 0 radical (unpaired) electrons. The number of unbranched alkanes of at least 4 members (excludes halogenated alkanes) is 3. The van der Waals surface area contributed by atoms with E-state index in [9.17, 15) is 28.8 Å². The zero-order chi connectivity index (χ0) is 39.6. The van der Waals surface area contributed by atoms with Crippen molar-refractivity contribution < 1.29 is 28.8 Å². The molecule has 0 aliphatic carbocycles. The molecule has 0 bridgehead atoms. The lowest BCUT2D eigenvalue weighted by Gasteiger charge is -2.30. The molecular weight excluding hydrogens is 708 g/mol. The smallest absolute Gasteiger partial charge is 0.271 e. The lowest BCUT2D eigenvalue weighted by Crippen LogP contribution is -2.54. The van der Waals surface area contributed by atoms with E-state index >= 15 is 0 Å². The van der Waals surface area contributed by atoms with Crippen molar-refractivity contribution in [1.29, 1.82) is 0 Å². The molecule has 55 heavy (non-hydrogen) atoms. The molecule has 5 atom stereocenters. The number of likely N-dealkylation sites (N-methyl/N-ethyl adjacent to an activating group) is 2. The van der Waals surface area contributed by atoms with Gasteiger partial charge in [0.1, 0.15) is 23.5 Å². The number of aromatic nitrogens is 4. The Balaban J connectivity index is 1.30. The molecule has 300 valence electrons.